The third kappa shape index (κ3) is 6.06. The number of H-pyrrole nitrogens is 1. The van der Waals surface area contributed by atoms with Gasteiger partial charge in [-0.05, 0) is 66.2 Å². The van der Waals surface area contributed by atoms with Crippen molar-refractivity contribution in [3.8, 4) is 28.4 Å². The van der Waals surface area contributed by atoms with E-state index < -0.39 is 11.9 Å². The molecule has 5 aromatic rings. The number of carbonyl (C=O) groups is 2. The number of carbonyl (C=O) groups excluding carboxylic acids is 2. The fourth-order valence-electron chi connectivity index (χ4n) is 4.34. The van der Waals surface area contributed by atoms with Gasteiger partial charge in [0.1, 0.15) is 17.0 Å². The van der Waals surface area contributed by atoms with E-state index in [1.165, 1.54) is 26.5 Å². The van der Waals surface area contributed by atoms with Crippen LogP contribution in [0.4, 0.5) is 0 Å². The molecule has 1 amide bonds. The maximum Gasteiger partial charge on any atom is 0.347 e. The molecule has 0 spiro atoms. The van der Waals surface area contributed by atoms with E-state index in [9.17, 15) is 9.59 Å². The van der Waals surface area contributed by atoms with Gasteiger partial charge in [-0.2, -0.15) is 5.10 Å². The molecule has 1 heterocycles. The highest BCUT2D eigenvalue weighted by Crippen LogP contribution is 2.37. The minimum atomic E-state index is -0.671. The van der Waals surface area contributed by atoms with E-state index in [1.54, 1.807) is 54.6 Å². The number of nitrogens with zero attached hydrogens (tertiary/aromatic N) is 1. The number of hydrogen-bond acceptors (Lipinski definition) is 6. The van der Waals surface area contributed by atoms with E-state index in [-0.39, 0.29) is 22.8 Å². The lowest BCUT2D eigenvalue weighted by Gasteiger charge is -2.12. The van der Waals surface area contributed by atoms with Crippen molar-refractivity contribution in [3.63, 3.8) is 0 Å². The van der Waals surface area contributed by atoms with E-state index in [0.29, 0.717) is 43.0 Å². The number of fused-ring (bicyclic) bond motifs is 1. The number of benzene rings is 4. The molecule has 0 unspecified atom stereocenters. The van der Waals surface area contributed by atoms with E-state index in [2.05, 4.69) is 15.5 Å². The zero-order valence-corrected chi connectivity index (χ0v) is 24.5. The second kappa shape index (κ2) is 12.6. The molecule has 11 heteroatoms. The average molecular weight is 623 g/mol. The van der Waals surface area contributed by atoms with Crippen molar-refractivity contribution in [1.29, 1.82) is 0 Å². The van der Waals surface area contributed by atoms with E-state index in [4.69, 9.17) is 49.0 Å². The second-order valence-electron chi connectivity index (χ2n) is 8.89. The average Bonchev–Trinajstić information content (AvgIpc) is 3.36. The lowest BCUT2D eigenvalue weighted by molar-refractivity contribution is 0.0726. The van der Waals surface area contributed by atoms with Crippen molar-refractivity contribution >= 4 is 63.8 Å². The van der Waals surface area contributed by atoms with Gasteiger partial charge < -0.3 is 19.2 Å². The third-order valence-corrected chi connectivity index (χ3v) is 7.08. The van der Waals surface area contributed by atoms with Crippen LogP contribution in [-0.2, 0) is 0 Å². The predicted molar refractivity (Wildman–Crippen MR) is 165 cm³/mol. The summed E-state index contributed by atoms with van der Waals surface area (Å²) in [7, 11) is 2.88. The molecule has 4 aromatic carbocycles. The first kappa shape index (κ1) is 29.0. The first-order valence-corrected chi connectivity index (χ1v) is 13.6. The SMILES string of the molecule is COc1cc(C=NNC(=O)c2[nH]c3ccc(Cl)cc3c2-c2ccccc2Cl)ccc1OC(=O)c1cc(Cl)ccc1OC. The van der Waals surface area contributed by atoms with Crippen LogP contribution in [0.2, 0.25) is 15.1 Å². The van der Waals surface area contributed by atoms with E-state index in [0.717, 1.165) is 5.39 Å². The molecule has 5 rings (SSSR count). The molecule has 0 saturated heterocycles. The van der Waals surface area contributed by atoms with Crippen LogP contribution >= 0.6 is 34.8 Å². The summed E-state index contributed by atoms with van der Waals surface area (Å²) in [5, 5.41) is 6.22. The lowest BCUT2D eigenvalue weighted by atomic mass is 10.0. The smallest absolute Gasteiger partial charge is 0.347 e. The molecule has 8 nitrogen and oxygen atoms in total. The summed E-state index contributed by atoms with van der Waals surface area (Å²) in [6.07, 6.45) is 1.43. The van der Waals surface area contributed by atoms with Gasteiger partial charge in [0.25, 0.3) is 5.91 Å². The Morgan fingerprint density at radius 1 is 0.833 bits per heavy atom. The first-order chi connectivity index (χ1) is 20.3. The molecule has 0 bridgehead atoms. The van der Waals surface area contributed by atoms with Gasteiger partial charge >= 0.3 is 5.97 Å². The third-order valence-electron chi connectivity index (χ3n) is 6.28. The molecule has 212 valence electrons. The fraction of sp³-hybridized carbons (Fsp3) is 0.0645. The molecule has 0 atom stereocenters. The van der Waals surface area contributed by atoms with Gasteiger partial charge in [-0.1, -0.05) is 53.0 Å². The van der Waals surface area contributed by atoms with Crippen molar-refractivity contribution in [2.75, 3.05) is 14.2 Å². The van der Waals surface area contributed by atoms with Crippen LogP contribution in [0, 0.1) is 0 Å². The summed E-state index contributed by atoms with van der Waals surface area (Å²) < 4.78 is 16.2. The molecule has 0 aliphatic heterocycles. The van der Waals surface area contributed by atoms with Gasteiger partial charge in [0, 0.05) is 37.1 Å². The molecule has 0 radical (unpaired) electrons. The Morgan fingerprint density at radius 2 is 1.55 bits per heavy atom. The summed E-state index contributed by atoms with van der Waals surface area (Å²) in [5.41, 5.74) is 5.55. The largest absolute Gasteiger partial charge is 0.496 e. The second-order valence-corrected chi connectivity index (χ2v) is 10.2. The maximum atomic E-state index is 13.3. The van der Waals surface area contributed by atoms with E-state index >= 15 is 0 Å². The number of methoxy groups -OCH3 is 2. The van der Waals surface area contributed by atoms with Crippen LogP contribution in [0.15, 0.2) is 84.0 Å². The first-order valence-electron chi connectivity index (χ1n) is 12.4. The standard InChI is InChI=1S/C31H22Cl3N3O5/c1-40-25-12-9-19(33)15-22(25)31(39)42-26-11-7-17(13-27(26)41-2)16-35-37-30(38)29-28(20-5-3-4-6-23(20)34)21-14-18(32)8-10-24(21)36-29/h3-16,36H,1-2H3,(H,37,38). The quantitative estimate of drug-likeness (QED) is 0.0796. The Morgan fingerprint density at radius 3 is 2.31 bits per heavy atom. The summed E-state index contributed by atoms with van der Waals surface area (Å²) in [6, 6.07) is 22.0. The summed E-state index contributed by atoms with van der Waals surface area (Å²) in [6.45, 7) is 0. The molecular weight excluding hydrogens is 601 g/mol. The maximum absolute atomic E-state index is 13.3. The monoisotopic (exact) mass is 621 g/mol. The number of nitrogens with one attached hydrogen (secondary N) is 2. The summed E-state index contributed by atoms with van der Waals surface area (Å²) >= 11 is 18.8. The van der Waals surface area contributed by atoms with Crippen molar-refractivity contribution in [1.82, 2.24) is 10.4 Å². The molecule has 0 fully saturated rings. The number of hydrogen-bond donors (Lipinski definition) is 2. The topological polar surface area (TPSA) is 102 Å². The van der Waals surface area contributed by atoms with Gasteiger partial charge in [-0.15, -0.1) is 0 Å². The number of hydrazone groups is 1. The Balaban J connectivity index is 1.37. The number of halogens is 3. The highest BCUT2D eigenvalue weighted by atomic mass is 35.5. The van der Waals surface area contributed by atoms with Crippen LogP contribution in [0.1, 0.15) is 26.4 Å². The van der Waals surface area contributed by atoms with Crippen LogP contribution in [0.25, 0.3) is 22.0 Å². The number of aromatic nitrogens is 1. The zero-order chi connectivity index (χ0) is 29.8. The van der Waals surface area contributed by atoms with Crippen LogP contribution in [0.5, 0.6) is 17.2 Å². The minimum absolute atomic E-state index is 0.163. The van der Waals surface area contributed by atoms with Crippen LogP contribution in [-0.4, -0.2) is 37.3 Å². The molecule has 0 saturated carbocycles. The van der Waals surface area contributed by atoms with Gasteiger partial charge in [-0.3, -0.25) is 4.79 Å². The van der Waals surface area contributed by atoms with Crippen LogP contribution in [0.3, 0.4) is 0 Å². The Bertz CT molecular complexity index is 1850. The minimum Gasteiger partial charge on any atom is -0.496 e. The van der Waals surface area contributed by atoms with Gasteiger partial charge in [0.05, 0.1) is 20.4 Å². The highest BCUT2D eigenvalue weighted by Gasteiger charge is 2.21. The van der Waals surface area contributed by atoms with Gasteiger partial charge in [0.15, 0.2) is 11.5 Å². The number of esters is 1. The normalized spacial score (nSPS) is 11.1. The van der Waals surface area contributed by atoms with Crippen molar-refractivity contribution in [2.45, 2.75) is 0 Å². The van der Waals surface area contributed by atoms with Crippen LogP contribution < -0.4 is 19.6 Å². The van der Waals surface area contributed by atoms with E-state index in [1.807, 2.05) is 18.2 Å². The Kier molecular flexibility index (Phi) is 8.68. The van der Waals surface area contributed by atoms with Crippen molar-refractivity contribution < 1.29 is 23.8 Å². The van der Waals surface area contributed by atoms with Crippen molar-refractivity contribution in [3.05, 3.63) is 111 Å². The lowest BCUT2D eigenvalue weighted by Crippen LogP contribution is -2.19. The molecule has 1 aromatic heterocycles. The Labute approximate surface area is 255 Å². The van der Waals surface area contributed by atoms with Crippen molar-refractivity contribution in [2.24, 2.45) is 5.10 Å². The number of ether oxygens (including phenoxy) is 3. The molecule has 0 aliphatic rings. The molecular formula is C31H22Cl3N3O5. The highest BCUT2D eigenvalue weighted by molar-refractivity contribution is 6.35. The zero-order valence-electron chi connectivity index (χ0n) is 22.2. The van der Waals surface area contributed by atoms with Gasteiger partial charge in [0.2, 0.25) is 0 Å². The van der Waals surface area contributed by atoms with Gasteiger partial charge in [-0.25, -0.2) is 10.2 Å². The summed E-state index contributed by atoms with van der Waals surface area (Å²) in [4.78, 5) is 29.2. The molecule has 2 N–H and O–H groups in total. The molecule has 0 aliphatic carbocycles. The number of aromatic amines is 1. The summed E-state index contributed by atoms with van der Waals surface area (Å²) in [5.74, 6) is -0.393. The number of rotatable bonds is 8. The predicted octanol–water partition coefficient (Wildman–Crippen LogP) is 7.80. The Hall–Kier alpha value is -4.50. The number of amides is 1. The fourth-order valence-corrected chi connectivity index (χ4v) is 4.92. The molecule has 42 heavy (non-hydrogen) atoms.